The summed E-state index contributed by atoms with van der Waals surface area (Å²) in [6.45, 7) is 13.0. The molecule has 3 aliphatic heterocycles. The van der Waals surface area contributed by atoms with Crippen LogP contribution in [0.25, 0.3) is 0 Å². The van der Waals surface area contributed by atoms with Gasteiger partial charge in [0.15, 0.2) is 12.6 Å². The molecule has 0 spiro atoms. The topological polar surface area (TPSA) is 315 Å². The standard InChI is InChI=1S/C48H78O19/c1-20-10-13-48(15-14-46(6)23(29(48)21(20)2)8-9-28-44(4)16-24(51)39(60)45(5,19-50)27(44)11-12-47(28,46)7)43(61)67-42-36(58)33(55)31(53)26(65-42)18-62-40-37(59)34(56)38(25(17-49)64-40)66-41-35(57)32(54)30(52)22(3)63-41/h8,20-22,24-42,49-60H,9-19H2,1-7H3/t20-,21+,22-,24-,25-,26-,27?,28?,29?,30+,31-,32-,33+,34-,35-,36-,37-,38-,39+,40-,41-,42+,44+,45+,46-,47-,48+/m1/s1. The van der Waals surface area contributed by atoms with Crippen molar-refractivity contribution < 1.29 is 94.5 Å². The average Bonchev–Trinajstić information content (AvgIpc) is 3.29. The van der Waals surface area contributed by atoms with E-state index in [1.807, 2.05) is 6.92 Å². The van der Waals surface area contributed by atoms with E-state index in [2.05, 4.69) is 40.7 Å². The first-order valence-electron chi connectivity index (χ1n) is 24.5. The molecule has 0 amide bonds. The fourth-order valence-electron chi connectivity index (χ4n) is 15.2. The highest BCUT2D eigenvalue weighted by Crippen LogP contribution is 2.76. The molecule has 3 unspecified atom stereocenters. The van der Waals surface area contributed by atoms with Gasteiger partial charge in [0.05, 0.1) is 43.5 Å². The van der Waals surface area contributed by atoms with Gasteiger partial charge in [0.25, 0.3) is 0 Å². The maximum absolute atomic E-state index is 15.0. The van der Waals surface area contributed by atoms with Gasteiger partial charge in [0.2, 0.25) is 6.29 Å². The maximum atomic E-state index is 15.0. The zero-order valence-corrected chi connectivity index (χ0v) is 39.8. The number of fused-ring (bicyclic) bond motifs is 7. The minimum Gasteiger partial charge on any atom is -0.432 e. The Morgan fingerprint density at radius 3 is 2.01 bits per heavy atom. The van der Waals surface area contributed by atoms with Crippen LogP contribution in [0.5, 0.6) is 0 Å². The first-order valence-corrected chi connectivity index (χ1v) is 24.5. The lowest BCUT2D eigenvalue weighted by Crippen LogP contribution is -2.68. The molecular formula is C48H78O19. The van der Waals surface area contributed by atoms with Crippen LogP contribution in [0.4, 0.5) is 0 Å². The van der Waals surface area contributed by atoms with Crippen LogP contribution in [0, 0.1) is 56.7 Å². The van der Waals surface area contributed by atoms with E-state index in [-0.39, 0.29) is 52.4 Å². The van der Waals surface area contributed by atoms with Gasteiger partial charge >= 0.3 is 5.97 Å². The predicted molar refractivity (Wildman–Crippen MR) is 231 cm³/mol. The van der Waals surface area contributed by atoms with Crippen LogP contribution in [0.3, 0.4) is 0 Å². The van der Waals surface area contributed by atoms with Crippen LogP contribution in [-0.2, 0) is 33.2 Å². The Morgan fingerprint density at radius 1 is 0.701 bits per heavy atom. The smallest absolute Gasteiger partial charge is 0.315 e. The van der Waals surface area contributed by atoms with Gasteiger partial charge in [0, 0.05) is 5.41 Å². The van der Waals surface area contributed by atoms with E-state index < -0.39 is 134 Å². The molecule has 3 saturated heterocycles. The number of hydrogen-bond acceptors (Lipinski definition) is 19. The van der Waals surface area contributed by atoms with Gasteiger partial charge in [-0.3, -0.25) is 4.79 Å². The molecule has 4 saturated carbocycles. The molecule has 27 atom stereocenters. The molecule has 0 radical (unpaired) electrons. The molecule has 8 aliphatic rings. The third kappa shape index (κ3) is 7.92. The number of esters is 1. The molecule has 67 heavy (non-hydrogen) atoms. The number of rotatable bonds is 9. The number of aliphatic hydroxyl groups is 12. The summed E-state index contributed by atoms with van der Waals surface area (Å²) < 4.78 is 34.7. The Bertz CT molecular complexity index is 1820. The van der Waals surface area contributed by atoms with Gasteiger partial charge < -0.3 is 89.7 Å². The number of carbonyl (C=O) groups excluding carboxylic acids is 1. The summed E-state index contributed by atoms with van der Waals surface area (Å²) in [5.41, 5.74) is -1.64. The van der Waals surface area contributed by atoms with Gasteiger partial charge in [0.1, 0.15) is 67.1 Å². The molecule has 384 valence electrons. The number of allylic oxidation sites excluding steroid dienone is 2. The van der Waals surface area contributed by atoms with Crippen molar-refractivity contribution in [1.82, 2.24) is 0 Å². The van der Waals surface area contributed by atoms with E-state index in [1.165, 1.54) is 12.5 Å². The molecule has 3 heterocycles. The van der Waals surface area contributed by atoms with E-state index in [1.54, 1.807) is 0 Å². The van der Waals surface area contributed by atoms with E-state index in [0.29, 0.717) is 32.1 Å². The highest BCUT2D eigenvalue weighted by Gasteiger charge is 2.71. The zero-order valence-electron chi connectivity index (χ0n) is 39.8. The number of ether oxygens (including phenoxy) is 6. The van der Waals surface area contributed by atoms with Crippen molar-refractivity contribution in [3.8, 4) is 0 Å². The van der Waals surface area contributed by atoms with Crippen LogP contribution in [0.2, 0.25) is 0 Å². The first kappa shape index (κ1) is 51.9. The zero-order chi connectivity index (χ0) is 49.1. The monoisotopic (exact) mass is 959 g/mol. The largest absolute Gasteiger partial charge is 0.432 e. The second kappa shape index (κ2) is 18.5. The summed E-state index contributed by atoms with van der Waals surface area (Å²) in [6.07, 6.45) is -18.9. The molecule has 5 aliphatic carbocycles. The Balaban J connectivity index is 0.985. The van der Waals surface area contributed by atoms with Crippen LogP contribution in [0.1, 0.15) is 99.8 Å². The summed E-state index contributed by atoms with van der Waals surface area (Å²) in [6, 6.07) is 0. The minimum atomic E-state index is -1.86. The minimum absolute atomic E-state index is 0.0112. The molecule has 12 N–H and O–H groups in total. The van der Waals surface area contributed by atoms with Gasteiger partial charge in [-0.2, -0.15) is 0 Å². The van der Waals surface area contributed by atoms with Gasteiger partial charge in [-0.25, -0.2) is 0 Å². The Morgan fingerprint density at radius 2 is 1.34 bits per heavy atom. The van der Waals surface area contributed by atoms with Gasteiger partial charge in [-0.15, -0.1) is 0 Å². The molecule has 7 fully saturated rings. The number of hydrogen-bond donors (Lipinski definition) is 12. The lowest BCUT2D eigenvalue weighted by Gasteiger charge is -2.71. The Labute approximate surface area is 392 Å². The van der Waals surface area contributed by atoms with Crippen molar-refractivity contribution in [2.75, 3.05) is 19.8 Å². The van der Waals surface area contributed by atoms with Crippen molar-refractivity contribution in [3.05, 3.63) is 11.6 Å². The lowest BCUT2D eigenvalue weighted by atomic mass is 9.33. The third-order valence-corrected chi connectivity index (χ3v) is 19.7. The van der Waals surface area contributed by atoms with E-state index in [4.69, 9.17) is 28.4 Å². The predicted octanol–water partition coefficient (Wildman–Crippen LogP) is -1.03. The SMILES string of the molecule is C[C@@H]1CC[C@]2(C(=O)O[C@@H]3O[C@H](CO[C@@H]4O[C@H](CO)[C@@H](O[C@H]5O[C@H](C)[C@H](O)[C@@H](O)[C@H]5O)[C@H](O)[C@H]4O)[C@@H](O)[C@H](O)[C@H]3O)CC[C@]3(C)C(=CCC4[C@@]5(C)C[C@@H](O)[C@H](O)[C@@](C)(CO)C5CC[C@]43C)C2[C@H]1C. The van der Waals surface area contributed by atoms with Gasteiger partial charge in [-0.05, 0) is 104 Å². The summed E-state index contributed by atoms with van der Waals surface area (Å²) in [4.78, 5) is 15.0. The molecule has 0 aromatic carbocycles. The van der Waals surface area contributed by atoms with Crippen LogP contribution in [-0.4, -0.2) is 191 Å². The highest BCUT2D eigenvalue weighted by molar-refractivity contribution is 5.79. The first-order chi connectivity index (χ1) is 31.4. The van der Waals surface area contributed by atoms with Crippen molar-refractivity contribution in [1.29, 1.82) is 0 Å². The van der Waals surface area contributed by atoms with Crippen LogP contribution < -0.4 is 0 Å². The second-order valence-electron chi connectivity index (χ2n) is 22.9. The van der Waals surface area contributed by atoms with E-state index >= 15 is 4.79 Å². The average molecular weight is 959 g/mol. The van der Waals surface area contributed by atoms with Crippen molar-refractivity contribution in [2.24, 2.45) is 56.7 Å². The molecule has 19 nitrogen and oxygen atoms in total. The highest BCUT2D eigenvalue weighted by atomic mass is 16.8. The summed E-state index contributed by atoms with van der Waals surface area (Å²) >= 11 is 0. The summed E-state index contributed by atoms with van der Waals surface area (Å²) in [7, 11) is 0. The maximum Gasteiger partial charge on any atom is 0.315 e. The quantitative estimate of drug-likeness (QED) is 0.0971. The molecule has 0 aromatic heterocycles. The molecule has 0 bridgehead atoms. The van der Waals surface area contributed by atoms with Crippen molar-refractivity contribution in [2.45, 2.75) is 204 Å². The lowest BCUT2D eigenvalue weighted by molar-refractivity contribution is -0.361. The Hall–Kier alpha value is -1.47. The van der Waals surface area contributed by atoms with E-state index in [0.717, 1.165) is 19.3 Å². The second-order valence-corrected chi connectivity index (χ2v) is 22.9. The normalized spacial score (nSPS) is 56.7. The number of carbonyl (C=O) groups is 1. The van der Waals surface area contributed by atoms with Crippen LogP contribution >= 0.6 is 0 Å². The van der Waals surface area contributed by atoms with E-state index in [9.17, 15) is 61.3 Å². The molecular weight excluding hydrogens is 881 g/mol. The molecule has 8 rings (SSSR count). The molecule has 0 aromatic rings. The third-order valence-electron chi connectivity index (χ3n) is 19.7. The van der Waals surface area contributed by atoms with Crippen molar-refractivity contribution >= 4 is 5.97 Å². The summed E-state index contributed by atoms with van der Waals surface area (Å²) in [5.74, 6) is -0.386. The van der Waals surface area contributed by atoms with Crippen LogP contribution in [0.15, 0.2) is 11.6 Å². The fourth-order valence-corrected chi connectivity index (χ4v) is 15.2. The van der Waals surface area contributed by atoms with Gasteiger partial charge in [-0.1, -0.05) is 53.2 Å². The fraction of sp³-hybridized carbons (Fsp3) is 0.938. The summed E-state index contributed by atoms with van der Waals surface area (Å²) in [5, 5.41) is 130. The molecule has 19 heteroatoms. The van der Waals surface area contributed by atoms with Crippen molar-refractivity contribution in [3.63, 3.8) is 0 Å². The number of aliphatic hydroxyl groups excluding tert-OH is 12. The Kier molecular flexibility index (Phi) is 14.4.